The molecular weight excluding hydrogens is 333 g/mol. The molecule has 2 rings (SSSR count). The zero-order valence-corrected chi connectivity index (χ0v) is 14.0. The normalized spacial score (nSPS) is 18.2. The quantitative estimate of drug-likeness (QED) is 0.627. The molecule has 128 valence electrons. The summed E-state index contributed by atoms with van der Waals surface area (Å²) in [5.41, 5.74) is 0.167. The van der Waals surface area contributed by atoms with E-state index in [0.717, 1.165) is 6.07 Å². The van der Waals surface area contributed by atoms with E-state index >= 15 is 0 Å². The fourth-order valence-electron chi connectivity index (χ4n) is 2.86. The molecule has 1 saturated heterocycles. The summed E-state index contributed by atoms with van der Waals surface area (Å²) in [5, 5.41) is 9.25. The number of hydrogen-bond acceptors (Lipinski definition) is 4. The van der Waals surface area contributed by atoms with Crippen LogP contribution < -0.4 is 0 Å². The van der Waals surface area contributed by atoms with Crippen LogP contribution in [-0.2, 0) is 9.59 Å². The Morgan fingerprint density at radius 2 is 2.12 bits per heavy atom. The van der Waals surface area contributed by atoms with Gasteiger partial charge in [0.05, 0.1) is 10.9 Å². The molecule has 1 aliphatic rings. The highest BCUT2D eigenvalue weighted by Crippen LogP contribution is 2.24. The first kappa shape index (κ1) is 18.2. The van der Waals surface area contributed by atoms with Crippen molar-refractivity contribution in [3.05, 3.63) is 35.6 Å². The molecule has 1 aromatic carbocycles. The number of benzene rings is 1. The average molecular weight is 351 g/mol. The minimum atomic E-state index is -0.992. The Labute approximate surface area is 144 Å². The molecular formula is C17H18FNO4S. The third kappa shape index (κ3) is 4.03. The Morgan fingerprint density at radius 1 is 1.42 bits per heavy atom. The number of thiocarbonyl (C=S) groups is 1. The Balaban J connectivity index is 2.17. The largest absolute Gasteiger partial charge is 0.480 e. The topological polar surface area (TPSA) is 74.7 Å². The monoisotopic (exact) mass is 351 g/mol. The summed E-state index contributed by atoms with van der Waals surface area (Å²) in [6.45, 7) is 1.77. The van der Waals surface area contributed by atoms with E-state index in [9.17, 15) is 23.9 Å². The molecule has 0 spiro atoms. The van der Waals surface area contributed by atoms with Gasteiger partial charge in [-0.15, -0.1) is 0 Å². The molecule has 0 radical (unpaired) electrons. The fourth-order valence-corrected chi connectivity index (χ4v) is 3.33. The first-order chi connectivity index (χ1) is 11.3. The van der Waals surface area contributed by atoms with Crippen LogP contribution in [0.15, 0.2) is 24.3 Å². The zero-order valence-electron chi connectivity index (χ0n) is 13.2. The lowest BCUT2D eigenvalue weighted by atomic mass is 9.94. The van der Waals surface area contributed by atoms with Crippen molar-refractivity contribution in [1.82, 2.24) is 4.90 Å². The molecule has 5 nitrogen and oxygen atoms in total. The van der Waals surface area contributed by atoms with E-state index in [-0.39, 0.29) is 22.8 Å². The number of Topliss-reactive ketones (excluding diaryl/α,β-unsaturated/α-hetero) is 2. The summed E-state index contributed by atoms with van der Waals surface area (Å²) in [6.07, 6.45) is 0.929. The van der Waals surface area contributed by atoms with Gasteiger partial charge in [-0.3, -0.25) is 9.59 Å². The highest BCUT2D eigenvalue weighted by Gasteiger charge is 2.36. The molecule has 1 aliphatic heterocycles. The van der Waals surface area contributed by atoms with Crippen molar-refractivity contribution in [3.8, 4) is 0 Å². The number of carbonyl (C=O) groups excluding carboxylic acids is 2. The van der Waals surface area contributed by atoms with E-state index in [1.54, 1.807) is 0 Å². The standard InChI is InChI=1S/C17H18FNO4S/c1-10(20)13(9-15(21)11-4-2-5-12(18)8-11)16(24)19-7-3-6-14(19)17(22)23/h2,4-5,8,13-14H,3,6-7,9H2,1H3,(H,22,23)/t13?,14-/m0/s1. The summed E-state index contributed by atoms with van der Waals surface area (Å²) in [4.78, 5) is 37.3. The van der Waals surface area contributed by atoms with Crippen molar-refractivity contribution in [1.29, 1.82) is 0 Å². The van der Waals surface area contributed by atoms with Crippen molar-refractivity contribution >= 4 is 34.7 Å². The van der Waals surface area contributed by atoms with Crippen molar-refractivity contribution in [2.24, 2.45) is 5.92 Å². The number of halogens is 1. The molecule has 1 aromatic rings. The lowest BCUT2D eigenvalue weighted by Crippen LogP contribution is -2.44. The zero-order chi connectivity index (χ0) is 17.9. The highest BCUT2D eigenvalue weighted by atomic mass is 32.1. The van der Waals surface area contributed by atoms with Gasteiger partial charge in [0.25, 0.3) is 0 Å². The summed E-state index contributed by atoms with van der Waals surface area (Å²) in [6, 6.07) is 4.47. The third-order valence-corrected chi connectivity index (χ3v) is 4.66. The molecule has 0 bridgehead atoms. The molecule has 0 saturated carbocycles. The van der Waals surface area contributed by atoms with Crippen molar-refractivity contribution < 1.29 is 23.9 Å². The molecule has 1 unspecified atom stereocenters. The SMILES string of the molecule is CC(=O)C(CC(=O)c1cccc(F)c1)C(=S)N1CCC[C@H]1C(=O)O. The Morgan fingerprint density at radius 3 is 2.71 bits per heavy atom. The van der Waals surface area contributed by atoms with Crippen molar-refractivity contribution in [3.63, 3.8) is 0 Å². The van der Waals surface area contributed by atoms with Gasteiger partial charge in [0, 0.05) is 18.5 Å². The highest BCUT2D eigenvalue weighted by molar-refractivity contribution is 7.80. The van der Waals surface area contributed by atoms with Gasteiger partial charge in [0.15, 0.2) is 5.78 Å². The summed E-state index contributed by atoms with van der Waals surface area (Å²) in [5.74, 6) is -3.11. The van der Waals surface area contributed by atoms with Gasteiger partial charge in [-0.05, 0) is 31.9 Å². The van der Waals surface area contributed by atoms with Crippen LogP contribution >= 0.6 is 12.2 Å². The molecule has 0 aliphatic carbocycles. The van der Waals surface area contributed by atoms with Gasteiger partial charge in [-0.1, -0.05) is 24.4 Å². The predicted octanol–water partition coefficient (Wildman–Crippen LogP) is 2.48. The maximum Gasteiger partial charge on any atom is 0.326 e. The molecule has 24 heavy (non-hydrogen) atoms. The number of aliphatic carboxylic acids is 1. The third-order valence-electron chi connectivity index (χ3n) is 4.15. The smallest absolute Gasteiger partial charge is 0.326 e. The number of nitrogens with zero attached hydrogens (tertiary/aromatic N) is 1. The fraction of sp³-hybridized carbons (Fsp3) is 0.412. The molecule has 1 fully saturated rings. The molecule has 7 heteroatoms. The van der Waals surface area contributed by atoms with Crippen LogP contribution in [0.3, 0.4) is 0 Å². The van der Waals surface area contributed by atoms with Crippen LogP contribution in [0.1, 0.15) is 36.5 Å². The minimum absolute atomic E-state index is 0.167. The second-order valence-corrected chi connectivity index (χ2v) is 6.25. The van der Waals surface area contributed by atoms with Gasteiger partial charge in [-0.2, -0.15) is 0 Å². The second kappa shape index (κ2) is 7.61. The first-order valence-corrected chi connectivity index (χ1v) is 8.04. The van der Waals surface area contributed by atoms with Crippen LogP contribution in [-0.4, -0.2) is 45.1 Å². The minimum Gasteiger partial charge on any atom is -0.480 e. The van der Waals surface area contributed by atoms with E-state index < -0.39 is 29.5 Å². The summed E-state index contributed by atoms with van der Waals surface area (Å²) in [7, 11) is 0. The van der Waals surface area contributed by atoms with Gasteiger partial charge in [0.1, 0.15) is 17.6 Å². The molecule has 2 atom stereocenters. The van der Waals surface area contributed by atoms with Gasteiger partial charge in [-0.25, -0.2) is 9.18 Å². The van der Waals surface area contributed by atoms with Crippen LogP contribution in [0.25, 0.3) is 0 Å². The van der Waals surface area contributed by atoms with E-state index in [2.05, 4.69) is 0 Å². The number of carbonyl (C=O) groups is 3. The summed E-state index contributed by atoms with van der Waals surface area (Å²) >= 11 is 5.32. The van der Waals surface area contributed by atoms with Crippen LogP contribution in [0, 0.1) is 11.7 Å². The van der Waals surface area contributed by atoms with E-state index in [0.29, 0.717) is 19.4 Å². The van der Waals surface area contributed by atoms with Gasteiger partial charge >= 0.3 is 5.97 Å². The Hall–Kier alpha value is -2.15. The Kier molecular flexibility index (Phi) is 5.77. The van der Waals surface area contributed by atoms with Crippen molar-refractivity contribution in [2.75, 3.05) is 6.54 Å². The van der Waals surface area contributed by atoms with Crippen LogP contribution in [0.4, 0.5) is 4.39 Å². The predicted molar refractivity (Wildman–Crippen MR) is 89.5 cm³/mol. The van der Waals surface area contributed by atoms with Crippen LogP contribution in [0.2, 0.25) is 0 Å². The number of rotatable bonds is 6. The number of ketones is 2. The van der Waals surface area contributed by atoms with E-state index in [4.69, 9.17) is 12.2 Å². The maximum atomic E-state index is 13.2. The molecule has 0 aromatic heterocycles. The number of carboxylic acids is 1. The van der Waals surface area contributed by atoms with E-state index in [1.165, 1.54) is 30.0 Å². The number of hydrogen-bond donors (Lipinski definition) is 1. The maximum absolute atomic E-state index is 13.2. The number of likely N-dealkylation sites (tertiary alicyclic amines) is 1. The van der Waals surface area contributed by atoms with Crippen LogP contribution in [0.5, 0.6) is 0 Å². The lowest BCUT2D eigenvalue weighted by Gasteiger charge is -2.28. The van der Waals surface area contributed by atoms with E-state index in [1.807, 2.05) is 0 Å². The van der Waals surface area contributed by atoms with Gasteiger partial charge < -0.3 is 10.0 Å². The molecule has 1 heterocycles. The summed E-state index contributed by atoms with van der Waals surface area (Å²) < 4.78 is 13.2. The van der Waals surface area contributed by atoms with Gasteiger partial charge in [0.2, 0.25) is 0 Å². The Bertz CT molecular complexity index is 691. The lowest BCUT2D eigenvalue weighted by molar-refractivity contribution is -0.141. The number of carboxylic acid groups (broad SMARTS) is 1. The molecule has 1 N–H and O–H groups in total. The second-order valence-electron chi connectivity index (χ2n) is 5.83. The first-order valence-electron chi connectivity index (χ1n) is 7.63. The van der Waals surface area contributed by atoms with Crippen molar-refractivity contribution in [2.45, 2.75) is 32.2 Å². The molecule has 0 amide bonds. The average Bonchev–Trinajstić information content (AvgIpc) is 3.01.